The van der Waals surface area contributed by atoms with E-state index in [2.05, 4.69) is 14.9 Å². The van der Waals surface area contributed by atoms with Gasteiger partial charge in [0.05, 0.1) is 12.0 Å². The van der Waals surface area contributed by atoms with Gasteiger partial charge < -0.3 is 4.42 Å². The lowest BCUT2D eigenvalue weighted by atomic mass is 10.1. The van der Waals surface area contributed by atoms with Crippen molar-refractivity contribution in [3.63, 3.8) is 0 Å². The quantitative estimate of drug-likeness (QED) is 0.737. The van der Waals surface area contributed by atoms with Crippen LogP contribution in [0.1, 0.15) is 16.8 Å². The summed E-state index contributed by atoms with van der Waals surface area (Å²) in [5.74, 6) is 0.410. The fourth-order valence-electron chi connectivity index (χ4n) is 2.94. The normalized spacial score (nSPS) is 14.6. The maximum atomic E-state index is 13.8. The number of benzene rings is 1. The molecule has 3 heterocycles. The first-order valence-corrected chi connectivity index (χ1v) is 7.74. The average Bonchev–Trinajstić information content (AvgIpc) is 3.12. The molecule has 1 aromatic carbocycles. The predicted octanol–water partition coefficient (Wildman–Crippen LogP) is 3.57. The maximum absolute atomic E-state index is 13.8. The van der Waals surface area contributed by atoms with Crippen LogP contribution in [0.15, 0.2) is 47.2 Å². The number of halogens is 2. The second-order valence-corrected chi connectivity index (χ2v) is 5.84. The van der Waals surface area contributed by atoms with E-state index in [9.17, 15) is 8.78 Å². The molecule has 0 saturated heterocycles. The molecule has 4 rings (SSSR count). The molecule has 0 aliphatic carbocycles. The zero-order chi connectivity index (χ0) is 16.5. The fraction of sp³-hybridized carbons (Fsp3) is 0.222. The highest BCUT2D eigenvalue weighted by Gasteiger charge is 2.20. The van der Waals surface area contributed by atoms with Crippen LogP contribution in [0.4, 0.5) is 8.78 Å². The second-order valence-electron chi connectivity index (χ2n) is 5.84. The lowest BCUT2D eigenvalue weighted by molar-refractivity contribution is 0.239. The highest BCUT2D eigenvalue weighted by atomic mass is 19.1. The summed E-state index contributed by atoms with van der Waals surface area (Å²) < 4.78 is 32.4. The van der Waals surface area contributed by atoms with Crippen LogP contribution in [-0.4, -0.2) is 21.4 Å². The molecule has 0 saturated carbocycles. The Morgan fingerprint density at radius 1 is 1.21 bits per heavy atom. The van der Waals surface area contributed by atoms with E-state index in [0.29, 0.717) is 30.2 Å². The highest BCUT2D eigenvalue weighted by Crippen LogP contribution is 2.23. The summed E-state index contributed by atoms with van der Waals surface area (Å²) in [4.78, 5) is 11.0. The van der Waals surface area contributed by atoms with E-state index in [1.807, 2.05) is 6.07 Å². The lowest BCUT2D eigenvalue weighted by Gasteiger charge is -2.28. The van der Waals surface area contributed by atoms with Crippen molar-refractivity contribution < 1.29 is 13.2 Å². The Labute approximate surface area is 137 Å². The molecule has 3 aromatic rings. The van der Waals surface area contributed by atoms with Crippen LogP contribution in [0.5, 0.6) is 0 Å². The molecule has 0 amide bonds. The molecule has 24 heavy (non-hydrogen) atoms. The zero-order valence-corrected chi connectivity index (χ0v) is 12.9. The summed E-state index contributed by atoms with van der Waals surface area (Å²) in [7, 11) is 0. The second kappa shape index (κ2) is 6.13. The molecule has 1 aliphatic heterocycles. The predicted molar refractivity (Wildman–Crippen MR) is 83.9 cm³/mol. The Hall–Kier alpha value is -2.60. The van der Waals surface area contributed by atoms with E-state index in [-0.39, 0.29) is 5.82 Å². The van der Waals surface area contributed by atoms with Gasteiger partial charge in [-0.15, -0.1) is 0 Å². The molecule has 1 aliphatic rings. The smallest absolute Gasteiger partial charge is 0.195 e. The fourth-order valence-corrected chi connectivity index (χ4v) is 2.94. The average molecular weight is 327 g/mol. The molecule has 0 atom stereocenters. The summed E-state index contributed by atoms with van der Waals surface area (Å²) in [5.41, 5.74) is 2.35. The Morgan fingerprint density at radius 2 is 2.12 bits per heavy atom. The Balaban J connectivity index is 1.53. The summed E-state index contributed by atoms with van der Waals surface area (Å²) in [6, 6.07) is 7.17. The first-order chi connectivity index (χ1) is 11.7. The van der Waals surface area contributed by atoms with Gasteiger partial charge in [0, 0.05) is 43.4 Å². The van der Waals surface area contributed by atoms with Gasteiger partial charge in [-0.05, 0) is 30.3 Å². The van der Waals surface area contributed by atoms with Crippen LogP contribution in [0.2, 0.25) is 0 Å². The van der Waals surface area contributed by atoms with Gasteiger partial charge in [0.15, 0.2) is 11.6 Å². The van der Waals surface area contributed by atoms with Crippen LogP contribution < -0.4 is 0 Å². The third-order valence-electron chi connectivity index (χ3n) is 4.16. The van der Waals surface area contributed by atoms with Crippen LogP contribution in [0.25, 0.3) is 11.6 Å². The van der Waals surface area contributed by atoms with Crippen molar-refractivity contribution in [3.05, 3.63) is 71.2 Å². The van der Waals surface area contributed by atoms with Gasteiger partial charge in [0.2, 0.25) is 0 Å². The summed E-state index contributed by atoms with van der Waals surface area (Å²) >= 11 is 0. The van der Waals surface area contributed by atoms with Crippen LogP contribution in [-0.2, 0) is 19.5 Å². The van der Waals surface area contributed by atoms with Crippen molar-refractivity contribution in [1.82, 2.24) is 14.9 Å². The molecule has 6 heteroatoms. The molecule has 0 N–H and O–H groups in total. The first kappa shape index (κ1) is 15.0. The zero-order valence-electron chi connectivity index (χ0n) is 12.9. The van der Waals surface area contributed by atoms with Crippen molar-refractivity contribution in [2.24, 2.45) is 0 Å². The molecule has 0 fully saturated rings. The number of hydrogen-bond acceptors (Lipinski definition) is 4. The SMILES string of the molecule is Fc1ccc(F)c(CN2CCc3nc(-c4ccco4)ncc3C2)c1. The van der Waals surface area contributed by atoms with Gasteiger partial charge in [0.25, 0.3) is 0 Å². The molecule has 0 bridgehead atoms. The summed E-state index contributed by atoms with van der Waals surface area (Å²) in [6.07, 6.45) is 4.12. The van der Waals surface area contributed by atoms with Gasteiger partial charge in [-0.3, -0.25) is 4.90 Å². The number of aromatic nitrogens is 2. The van der Waals surface area contributed by atoms with Crippen molar-refractivity contribution >= 4 is 0 Å². The van der Waals surface area contributed by atoms with E-state index in [0.717, 1.165) is 30.3 Å². The van der Waals surface area contributed by atoms with E-state index in [1.165, 1.54) is 12.1 Å². The van der Waals surface area contributed by atoms with E-state index < -0.39 is 5.82 Å². The maximum Gasteiger partial charge on any atom is 0.195 e. The molecule has 0 radical (unpaired) electrons. The number of nitrogens with zero attached hydrogens (tertiary/aromatic N) is 3. The molecule has 4 nitrogen and oxygen atoms in total. The monoisotopic (exact) mass is 327 g/mol. The molecular weight excluding hydrogens is 312 g/mol. The van der Waals surface area contributed by atoms with Crippen molar-refractivity contribution in [1.29, 1.82) is 0 Å². The molecule has 0 unspecified atom stereocenters. The minimum atomic E-state index is -0.421. The molecule has 2 aromatic heterocycles. The molecule has 122 valence electrons. The standard InChI is InChI=1S/C18H15F2N3O/c19-14-3-4-15(20)12(8-14)10-23-6-5-16-13(11-23)9-21-18(22-16)17-2-1-7-24-17/h1-4,7-9H,5-6,10-11H2. The van der Waals surface area contributed by atoms with Crippen LogP contribution in [0, 0.1) is 11.6 Å². The van der Waals surface area contributed by atoms with Gasteiger partial charge in [0.1, 0.15) is 11.6 Å². The van der Waals surface area contributed by atoms with Crippen LogP contribution in [0.3, 0.4) is 0 Å². The number of furan rings is 1. The Bertz CT molecular complexity index is 865. The number of hydrogen-bond donors (Lipinski definition) is 0. The van der Waals surface area contributed by atoms with Gasteiger partial charge in [-0.2, -0.15) is 0 Å². The molecular formula is C18H15F2N3O. The van der Waals surface area contributed by atoms with Gasteiger partial charge in [-0.25, -0.2) is 18.7 Å². The summed E-state index contributed by atoms with van der Waals surface area (Å²) in [5, 5.41) is 0. The van der Waals surface area contributed by atoms with Crippen molar-refractivity contribution in [2.75, 3.05) is 6.54 Å². The van der Waals surface area contributed by atoms with E-state index in [1.54, 1.807) is 18.5 Å². The van der Waals surface area contributed by atoms with Crippen molar-refractivity contribution in [2.45, 2.75) is 19.5 Å². The third kappa shape index (κ3) is 2.92. The first-order valence-electron chi connectivity index (χ1n) is 7.74. The van der Waals surface area contributed by atoms with Crippen molar-refractivity contribution in [3.8, 4) is 11.6 Å². The molecule has 0 spiro atoms. The lowest BCUT2D eigenvalue weighted by Crippen LogP contribution is -2.31. The highest BCUT2D eigenvalue weighted by molar-refractivity contribution is 5.46. The Morgan fingerprint density at radius 3 is 2.96 bits per heavy atom. The number of fused-ring (bicyclic) bond motifs is 1. The Kier molecular flexibility index (Phi) is 3.82. The summed E-state index contributed by atoms with van der Waals surface area (Å²) in [6.45, 7) is 1.71. The minimum absolute atomic E-state index is 0.364. The third-order valence-corrected chi connectivity index (χ3v) is 4.16. The van der Waals surface area contributed by atoms with Crippen LogP contribution >= 0.6 is 0 Å². The largest absolute Gasteiger partial charge is 0.461 e. The van der Waals surface area contributed by atoms with E-state index in [4.69, 9.17) is 4.42 Å². The topological polar surface area (TPSA) is 42.2 Å². The minimum Gasteiger partial charge on any atom is -0.461 e. The van der Waals surface area contributed by atoms with Gasteiger partial charge in [-0.1, -0.05) is 0 Å². The number of rotatable bonds is 3. The van der Waals surface area contributed by atoms with Gasteiger partial charge >= 0.3 is 0 Å². The van der Waals surface area contributed by atoms with E-state index >= 15 is 0 Å².